The molecule has 0 saturated carbocycles. The number of H-pyrrole nitrogens is 1. The number of rotatable bonds is 3. The standard InChI is InChI=1S/C16H21N3/c1-11-5-3-4-6-14(11)16-12(2)18-15(19-16)9-13-7-8-17-10-13/h3-6,13,17H,7-10H2,1-2H3,(H,18,19). The summed E-state index contributed by atoms with van der Waals surface area (Å²) in [5.74, 6) is 1.86. The molecule has 1 aliphatic heterocycles. The molecule has 1 aromatic carbocycles. The fourth-order valence-corrected chi connectivity index (χ4v) is 2.88. The van der Waals surface area contributed by atoms with Crippen LogP contribution in [0.25, 0.3) is 11.3 Å². The first-order chi connectivity index (χ1) is 9.24. The van der Waals surface area contributed by atoms with Gasteiger partial charge < -0.3 is 10.3 Å². The second-order valence-corrected chi connectivity index (χ2v) is 5.53. The zero-order valence-electron chi connectivity index (χ0n) is 11.7. The average molecular weight is 255 g/mol. The van der Waals surface area contributed by atoms with Crippen LogP contribution in [-0.4, -0.2) is 23.1 Å². The molecule has 100 valence electrons. The van der Waals surface area contributed by atoms with Crippen LogP contribution < -0.4 is 5.32 Å². The molecule has 2 heterocycles. The molecule has 3 heteroatoms. The molecule has 1 unspecified atom stereocenters. The number of hydrogen-bond acceptors (Lipinski definition) is 2. The molecule has 0 radical (unpaired) electrons. The Morgan fingerprint density at radius 1 is 1.26 bits per heavy atom. The minimum absolute atomic E-state index is 0.732. The van der Waals surface area contributed by atoms with Crippen molar-refractivity contribution < 1.29 is 0 Å². The minimum Gasteiger partial charge on any atom is -0.346 e. The maximum atomic E-state index is 4.82. The molecule has 0 bridgehead atoms. The summed E-state index contributed by atoms with van der Waals surface area (Å²) in [6.45, 7) is 6.53. The fourth-order valence-electron chi connectivity index (χ4n) is 2.88. The molecule has 1 saturated heterocycles. The highest BCUT2D eigenvalue weighted by Crippen LogP contribution is 2.25. The lowest BCUT2D eigenvalue weighted by Gasteiger charge is -2.04. The highest BCUT2D eigenvalue weighted by atomic mass is 14.9. The van der Waals surface area contributed by atoms with Gasteiger partial charge in [0.2, 0.25) is 0 Å². The van der Waals surface area contributed by atoms with Crippen LogP contribution >= 0.6 is 0 Å². The van der Waals surface area contributed by atoms with Crippen LogP contribution in [-0.2, 0) is 6.42 Å². The average Bonchev–Trinajstić information content (AvgIpc) is 3.01. The minimum atomic E-state index is 0.732. The fraction of sp³-hybridized carbons (Fsp3) is 0.438. The van der Waals surface area contributed by atoms with Crippen molar-refractivity contribution in [2.45, 2.75) is 26.7 Å². The number of aromatic nitrogens is 2. The maximum Gasteiger partial charge on any atom is 0.107 e. The van der Waals surface area contributed by atoms with Crippen molar-refractivity contribution in [2.75, 3.05) is 13.1 Å². The first-order valence-electron chi connectivity index (χ1n) is 7.06. The molecular weight excluding hydrogens is 234 g/mol. The van der Waals surface area contributed by atoms with Crippen LogP contribution in [0.15, 0.2) is 24.3 Å². The highest BCUT2D eigenvalue weighted by Gasteiger charge is 2.18. The maximum absolute atomic E-state index is 4.82. The lowest BCUT2D eigenvalue weighted by Crippen LogP contribution is -2.11. The van der Waals surface area contributed by atoms with Gasteiger partial charge in [-0.2, -0.15) is 0 Å². The van der Waals surface area contributed by atoms with E-state index in [1.165, 1.54) is 23.2 Å². The van der Waals surface area contributed by atoms with Gasteiger partial charge in [0.1, 0.15) is 5.82 Å². The number of imidazole rings is 1. The molecule has 3 nitrogen and oxygen atoms in total. The molecule has 0 spiro atoms. The Morgan fingerprint density at radius 3 is 2.84 bits per heavy atom. The Labute approximate surface area is 114 Å². The lowest BCUT2D eigenvalue weighted by atomic mass is 10.0. The predicted octanol–water partition coefficient (Wildman–Crippen LogP) is 2.85. The predicted molar refractivity (Wildman–Crippen MR) is 78.2 cm³/mol. The van der Waals surface area contributed by atoms with Crippen LogP contribution in [0.4, 0.5) is 0 Å². The van der Waals surface area contributed by atoms with Crippen molar-refractivity contribution in [3.8, 4) is 11.3 Å². The van der Waals surface area contributed by atoms with Gasteiger partial charge in [0.25, 0.3) is 0 Å². The van der Waals surface area contributed by atoms with Crippen molar-refractivity contribution in [1.29, 1.82) is 0 Å². The van der Waals surface area contributed by atoms with Gasteiger partial charge >= 0.3 is 0 Å². The van der Waals surface area contributed by atoms with E-state index in [0.717, 1.165) is 36.9 Å². The van der Waals surface area contributed by atoms with Crippen LogP contribution in [0.2, 0.25) is 0 Å². The summed E-state index contributed by atoms with van der Waals surface area (Å²) < 4.78 is 0. The van der Waals surface area contributed by atoms with E-state index in [-0.39, 0.29) is 0 Å². The van der Waals surface area contributed by atoms with Crippen molar-refractivity contribution in [2.24, 2.45) is 5.92 Å². The number of benzene rings is 1. The second-order valence-electron chi connectivity index (χ2n) is 5.53. The second kappa shape index (κ2) is 5.17. The number of hydrogen-bond donors (Lipinski definition) is 2. The van der Waals surface area contributed by atoms with Crippen molar-refractivity contribution in [3.05, 3.63) is 41.3 Å². The Bertz CT molecular complexity index is 565. The molecule has 0 aliphatic carbocycles. The van der Waals surface area contributed by atoms with Crippen LogP contribution in [0.5, 0.6) is 0 Å². The van der Waals surface area contributed by atoms with E-state index in [9.17, 15) is 0 Å². The Balaban J connectivity index is 1.87. The molecule has 1 aromatic heterocycles. The van der Waals surface area contributed by atoms with Gasteiger partial charge in [-0.15, -0.1) is 0 Å². The van der Waals surface area contributed by atoms with E-state index in [0.29, 0.717) is 0 Å². The summed E-state index contributed by atoms with van der Waals surface area (Å²) >= 11 is 0. The molecular formula is C16H21N3. The largest absolute Gasteiger partial charge is 0.346 e. The first kappa shape index (κ1) is 12.4. The molecule has 1 aliphatic rings. The van der Waals surface area contributed by atoms with Crippen molar-refractivity contribution in [3.63, 3.8) is 0 Å². The number of nitrogens with zero attached hydrogens (tertiary/aromatic N) is 1. The SMILES string of the molecule is Cc1ccccc1-c1nc(CC2CCNC2)[nH]c1C. The van der Waals surface area contributed by atoms with Gasteiger partial charge in [0.05, 0.1) is 5.69 Å². The third kappa shape index (κ3) is 2.56. The van der Waals surface area contributed by atoms with E-state index in [2.05, 4.69) is 48.4 Å². The lowest BCUT2D eigenvalue weighted by molar-refractivity contribution is 0.564. The van der Waals surface area contributed by atoms with E-state index in [1.54, 1.807) is 0 Å². The van der Waals surface area contributed by atoms with Crippen LogP contribution in [0, 0.1) is 19.8 Å². The van der Waals surface area contributed by atoms with E-state index < -0.39 is 0 Å². The van der Waals surface area contributed by atoms with Crippen LogP contribution in [0.1, 0.15) is 23.5 Å². The molecule has 0 amide bonds. The smallest absolute Gasteiger partial charge is 0.107 e. The Morgan fingerprint density at radius 2 is 2.11 bits per heavy atom. The summed E-state index contributed by atoms with van der Waals surface area (Å²) in [6, 6.07) is 8.45. The summed E-state index contributed by atoms with van der Waals surface area (Å²) in [7, 11) is 0. The molecule has 19 heavy (non-hydrogen) atoms. The third-order valence-corrected chi connectivity index (χ3v) is 3.98. The topological polar surface area (TPSA) is 40.7 Å². The summed E-state index contributed by atoms with van der Waals surface area (Å²) in [5, 5.41) is 3.41. The van der Waals surface area contributed by atoms with Crippen LogP contribution in [0.3, 0.4) is 0 Å². The molecule has 2 aromatic rings. The Hall–Kier alpha value is -1.61. The quantitative estimate of drug-likeness (QED) is 0.885. The normalized spacial score (nSPS) is 18.9. The molecule has 1 atom stereocenters. The number of nitrogens with one attached hydrogen (secondary N) is 2. The van der Waals surface area contributed by atoms with Crippen molar-refractivity contribution in [1.82, 2.24) is 15.3 Å². The van der Waals surface area contributed by atoms with Crippen molar-refractivity contribution >= 4 is 0 Å². The van der Waals surface area contributed by atoms with Gasteiger partial charge in [0, 0.05) is 17.7 Å². The third-order valence-electron chi connectivity index (χ3n) is 3.98. The summed E-state index contributed by atoms with van der Waals surface area (Å²) in [6.07, 6.45) is 2.32. The van der Waals surface area contributed by atoms with Gasteiger partial charge in [-0.05, 0) is 44.8 Å². The van der Waals surface area contributed by atoms with Gasteiger partial charge in [-0.25, -0.2) is 4.98 Å². The summed E-state index contributed by atoms with van der Waals surface area (Å²) in [4.78, 5) is 8.28. The van der Waals surface area contributed by atoms with Gasteiger partial charge in [0.15, 0.2) is 0 Å². The first-order valence-corrected chi connectivity index (χ1v) is 7.06. The summed E-state index contributed by atoms with van der Waals surface area (Å²) in [5.41, 5.74) is 4.81. The van der Waals surface area contributed by atoms with Gasteiger partial charge in [-0.1, -0.05) is 24.3 Å². The monoisotopic (exact) mass is 255 g/mol. The Kier molecular flexibility index (Phi) is 3.38. The van der Waals surface area contributed by atoms with E-state index in [4.69, 9.17) is 4.98 Å². The zero-order chi connectivity index (χ0) is 13.2. The van der Waals surface area contributed by atoms with E-state index in [1.807, 2.05) is 0 Å². The zero-order valence-corrected chi connectivity index (χ0v) is 11.7. The van der Waals surface area contributed by atoms with Gasteiger partial charge in [-0.3, -0.25) is 0 Å². The number of aromatic amines is 1. The molecule has 2 N–H and O–H groups in total. The van der Waals surface area contributed by atoms with E-state index >= 15 is 0 Å². The highest BCUT2D eigenvalue weighted by molar-refractivity contribution is 5.65. The number of aryl methyl sites for hydroxylation is 2. The molecule has 3 rings (SSSR count). The molecule has 1 fully saturated rings.